The number of nitrogens with zero attached hydrogens (tertiary/aromatic N) is 4. The van der Waals surface area contributed by atoms with Crippen LogP contribution in [0.2, 0.25) is 0 Å². The summed E-state index contributed by atoms with van der Waals surface area (Å²) in [6, 6.07) is 3.90. The van der Waals surface area contributed by atoms with Crippen molar-refractivity contribution >= 4 is 12.0 Å². The van der Waals surface area contributed by atoms with Crippen LogP contribution in [0.5, 0.6) is 5.88 Å². The van der Waals surface area contributed by atoms with Gasteiger partial charge in [-0.2, -0.15) is 5.10 Å². The number of likely N-dealkylation sites (tertiary alicyclic amines) is 1. The largest absolute Gasteiger partial charge is 0.474 e. The molecule has 6 rings (SSSR count). The maximum atomic E-state index is 13.5. The third-order valence-electron chi connectivity index (χ3n) is 8.94. The van der Waals surface area contributed by atoms with Gasteiger partial charge in [0.25, 0.3) is 5.91 Å². The number of aryl methyl sites for hydroxylation is 2. The van der Waals surface area contributed by atoms with Crippen LogP contribution in [0, 0.1) is 18.8 Å². The van der Waals surface area contributed by atoms with Crippen LogP contribution in [0.15, 0.2) is 18.3 Å². The van der Waals surface area contributed by atoms with E-state index in [2.05, 4.69) is 15.0 Å². The molecule has 3 fully saturated rings. The number of pyridine rings is 1. The van der Waals surface area contributed by atoms with Crippen LogP contribution in [0.3, 0.4) is 0 Å². The minimum Gasteiger partial charge on any atom is -0.474 e. The summed E-state index contributed by atoms with van der Waals surface area (Å²) >= 11 is 0. The molecule has 4 aliphatic rings. The highest BCUT2D eigenvalue weighted by Gasteiger charge is 2.50. The number of rotatable bonds is 7. The van der Waals surface area contributed by atoms with Gasteiger partial charge in [-0.05, 0) is 88.5 Å². The Kier molecular flexibility index (Phi) is 6.55. The Morgan fingerprint density at radius 1 is 1.16 bits per heavy atom. The van der Waals surface area contributed by atoms with E-state index in [1.54, 1.807) is 6.20 Å². The Balaban J connectivity index is 1.05. The first-order valence-electron chi connectivity index (χ1n) is 13.9. The fraction of sp³-hybridized carbons (Fsp3) is 0.643. The second-order valence-electron chi connectivity index (χ2n) is 11.4. The van der Waals surface area contributed by atoms with Crippen molar-refractivity contribution in [3.8, 4) is 5.88 Å². The first kappa shape index (κ1) is 24.2. The lowest BCUT2D eigenvalue weighted by Gasteiger charge is -2.31. The number of nitrogens with one attached hydrogen (secondary N) is 1. The number of carbonyl (C=O) groups excluding carboxylic acids is 1. The summed E-state index contributed by atoms with van der Waals surface area (Å²) in [5.41, 5.74) is 4.24. The van der Waals surface area contributed by atoms with Crippen molar-refractivity contribution in [2.75, 3.05) is 13.1 Å². The van der Waals surface area contributed by atoms with E-state index in [1.165, 1.54) is 17.7 Å². The van der Waals surface area contributed by atoms with Crippen molar-refractivity contribution in [2.45, 2.75) is 89.3 Å². The van der Waals surface area contributed by atoms with Crippen molar-refractivity contribution < 1.29 is 19.4 Å². The molecule has 3 heterocycles. The molecule has 2 N–H and O–H groups in total. The number of carboxylic acid groups (broad SMARTS) is 1. The van der Waals surface area contributed by atoms with Crippen LogP contribution in [-0.4, -0.2) is 62.0 Å². The molecule has 1 saturated heterocycles. The molecule has 0 spiro atoms. The normalized spacial score (nSPS) is 26.9. The summed E-state index contributed by atoms with van der Waals surface area (Å²) in [6.07, 6.45) is 10.1. The summed E-state index contributed by atoms with van der Waals surface area (Å²) in [6.45, 7) is 4.05. The predicted octanol–water partition coefficient (Wildman–Crippen LogP) is 4.15. The molecule has 2 saturated carbocycles. The van der Waals surface area contributed by atoms with E-state index in [1.807, 2.05) is 24.0 Å². The van der Waals surface area contributed by atoms with E-state index in [4.69, 9.17) is 14.9 Å². The predicted molar refractivity (Wildman–Crippen MR) is 137 cm³/mol. The second-order valence-corrected chi connectivity index (χ2v) is 11.4. The molecule has 1 aliphatic heterocycles. The van der Waals surface area contributed by atoms with E-state index in [9.17, 15) is 9.59 Å². The quantitative estimate of drug-likeness (QED) is 0.583. The number of ether oxygens (including phenoxy) is 1. The standard InChI is InChI=1S/C28H37N5O4/c1-17-3-2-11-29-26(17)37-21-6-4-18(5-7-21)8-14-33-23-16-19-15-22(19)24(23)25(31-33)27(34)32-12-9-20(10-13-32)30-28(35)36/h2-3,11,18-22,30H,4-10,12-16H2,1H3,(H,35,36)/t18?,19-,21?,22-/m1/s1. The lowest BCUT2D eigenvalue weighted by molar-refractivity contribution is 0.0697. The van der Waals surface area contributed by atoms with Crippen molar-refractivity contribution in [3.05, 3.63) is 40.8 Å². The minimum atomic E-state index is -0.995. The number of hydrogen-bond donors (Lipinski definition) is 2. The van der Waals surface area contributed by atoms with Gasteiger partial charge in [-0.3, -0.25) is 9.48 Å². The monoisotopic (exact) mass is 507 g/mol. The molecule has 2 amide bonds. The Morgan fingerprint density at radius 3 is 2.68 bits per heavy atom. The molecular formula is C28H37N5O4. The Morgan fingerprint density at radius 2 is 1.95 bits per heavy atom. The van der Waals surface area contributed by atoms with Gasteiger partial charge in [-0.1, -0.05) is 6.07 Å². The van der Waals surface area contributed by atoms with Crippen LogP contribution in [0.4, 0.5) is 4.79 Å². The summed E-state index contributed by atoms with van der Waals surface area (Å²) in [5.74, 6) is 2.64. The smallest absolute Gasteiger partial charge is 0.404 e. The number of hydrogen-bond acceptors (Lipinski definition) is 5. The van der Waals surface area contributed by atoms with Gasteiger partial charge < -0.3 is 20.1 Å². The fourth-order valence-electron chi connectivity index (χ4n) is 6.68. The van der Waals surface area contributed by atoms with Gasteiger partial charge in [-0.25, -0.2) is 9.78 Å². The Labute approximate surface area is 217 Å². The van der Waals surface area contributed by atoms with E-state index >= 15 is 0 Å². The van der Waals surface area contributed by atoms with Gasteiger partial charge in [0.15, 0.2) is 5.69 Å². The van der Waals surface area contributed by atoms with Gasteiger partial charge in [-0.15, -0.1) is 0 Å². The zero-order valence-corrected chi connectivity index (χ0v) is 21.6. The SMILES string of the molecule is Cc1cccnc1OC1CCC(CCn2nc(C(=O)N3CCC(NC(=O)O)CC3)c3c2C[C@H]2C[C@@H]32)CC1. The summed E-state index contributed by atoms with van der Waals surface area (Å²) in [7, 11) is 0. The van der Waals surface area contributed by atoms with Gasteiger partial charge >= 0.3 is 6.09 Å². The molecule has 0 bridgehead atoms. The molecule has 9 heteroatoms. The molecule has 2 atom stereocenters. The summed E-state index contributed by atoms with van der Waals surface area (Å²) in [5, 5.41) is 16.4. The van der Waals surface area contributed by atoms with Gasteiger partial charge in [0.05, 0.1) is 0 Å². The molecule has 0 unspecified atom stereocenters. The highest BCUT2D eigenvalue weighted by Crippen LogP contribution is 2.57. The molecule has 37 heavy (non-hydrogen) atoms. The maximum Gasteiger partial charge on any atom is 0.404 e. The second kappa shape index (κ2) is 9.99. The van der Waals surface area contributed by atoms with Crippen molar-refractivity contribution in [3.63, 3.8) is 0 Å². The maximum absolute atomic E-state index is 13.5. The van der Waals surface area contributed by atoms with Gasteiger partial charge in [0.1, 0.15) is 6.10 Å². The Hall–Kier alpha value is -3.10. The van der Waals surface area contributed by atoms with E-state index in [-0.39, 0.29) is 18.1 Å². The van der Waals surface area contributed by atoms with Crippen molar-refractivity contribution in [2.24, 2.45) is 11.8 Å². The number of amides is 2. The highest BCUT2D eigenvalue weighted by atomic mass is 16.5. The first-order valence-corrected chi connectivity index (χ1v) is 13.9. The van der Waals surface area contributed by atoms with Crippen LogP contribution in [-0.2, 0) is 13.0 Å². The zero-order chi connectivity index (χ0) is 25.5. The lowest BCUT2D eigenvalue weighted by Crippen LogP contribution is -2.46. The molecule has 3 aliphatic carbocycles. The number of fused-ring (bicyclic) bond motifs is 3. The van der Waals surface area contributed by atoms with Gasteiger partial charge in [0.2, 0.25) is 5.88 Å². The Bertz CT molecular complexity index is 1160. The topological polar surface area (TPSA) is 110 Å². The van der Waals surface area contributed by atoms with Crippen LogP contribution in [0.25, 0.3) is 0 Å². The van der Waals surface area contributed by atoms with Crippen molar-refractivity contribution in [1.82, 2.24) is 25.0 Å². The average Bonchev–Trinajstić information content (AvgIpc) is 3.41. The van der Waals surface area contributed by atoms with Crippen LogP contribution >= 0.6 is 0 Å². The molecular weight excluding hydrogens is 470 g/mol. The molecule has 0 radical (unpaired) electrons. The van der Waals surface area contributed by atoms with Crippen LogP contribution in [0.1, 0.15) is 84.6 Å². The summed E-state index contributed by atoms with van der Waals surface area (Å²) < 4.78 is 8.33. The molecule has 0 aromatic carbocycles. The lowest BCUT2D eigenvalue weighted by atomic mass is 9.85. The van der Waals surface area contributed by atoms with E-state index in [0.717, 1.165) is 56.5 Å². The molecule has 2 aromatic rings. The number of carbonyl (C=O) groups is 2. The number of piperidine rings is 1. The van der Waals surface area contributed by atoms with E-state index in [0.29, 0.717) is 49.4 Å². The minimum absolute atomic E-state index is 0.0267. The van der Waals surface area contributed by atoms with E-state index < -0.39 is 6.09 Å². The molecule has 2 aromatic heterocycles. The highest BCUT2D eigenvalue weighted by molar-refractivity contribution is 5.94. The molecule has 9 nitrogen and oxygen atoms in total. The van der Waals surface area contributed by atoms with Crippen molar-refractivity contribution in [1.29, 1.82) is 0 Å². The van der Waals surface area contributed by atoms with Gasteiger partial charge in [0, 0.05) is 48.7 Å². The fourth-order valence-corrected chi connectivity index (χ4v) is 6.68. The zero-order valence-electron chi connectivity index (χ0n) is 21.6. The summed E-state index contributed by atoms with van der Waals surface area (Å²) in [4.78, 5) is 30.7. The third kappa shape index (κ3) is 5.05. The average molecular weight is 508 g/mol. The third-order valence-corrected chi connectivity index (χ3v) is 8.94. The molecule has 198 valence electrons. The first-order chi connectivity index (χ1) is 18.0. The number of aromatic nitrogens is 3. The van der Waals surface area contributed by atoms with Crippen LogP contribution < -0.4 is 10.1 Å².